The van der Waals surface area contributed by atoms with E-state index in [4.69, 9.17) is 0 Å². The van der Waals surface area contributed by atoms with Crippen LogP contribution in [0.4, 0.5) is 17.1 Å². The van der Waals surface area contributed by atoms with E-state index >= 15 is 0 Å². The van der Waals surface area contributed by atoms with Gasteiger partial charge in [-0.3, -0.25) is 0 Å². The second kappa shape index (κ2) is 12.7. The van der Waals surface area contributed by atoms with E-state index in [2.05, 4.69) is 204 Å². The zero-order valence-corrected chi connectivity index (χ0v) is 28.9. The van der Waals surface area contributed by atoms with Crippen LogP contribution in [0.5, 0.6) is 0 Å². The van der Waals surface area contributed by atoms with Gasteiger partial charge in [-0.2, -0.15) is 0 Å². The van der Waals surface area contributed by atoms with Crippen LogP contribution in [-0.4, -0.2) is 4.57 Å². The third-order valence-electron chi connectivity index (χ3n) is 11.0. The molecule has 0 aliphatic heterocycles. The molecule has 0 spiro atoms. The fraction of sp³-hybridized carbons (Fsp3) is 0.0800. The number of benzene rings is 6. The maximum Gasteiger partial charge on any atom is 0.0561 e. The van der Waals surface area contributed by atoms with Crippen LogP contribution in [0.3, 0.4) is 0 Å². The average Bonchev–Trinajstić information content (AvgIpc) is 3.48. The molecule has 2 nitrogen and oxygen atoms in total. The molecule has 0 fully saturated rings. The highest BCUT2D eigenvalue weighted by molar-refractivity contribution is 5.99. The summed E-state index contributed by atoms with van der Waals surface area (Å²) in [6.45, 7) is 0. The van der Waals surface area contributed by atoms with Crippen LogP contribution in [0.25, 0.3) is 51.0 Å². The van der Waals surface area contributed by atoms with E-state index in [9.17, 15) is 0 Å². The molecule has 3 aliphatic rings. The number of anilines is 3. The molecular weight excluding hydrogens is 629 g/mol. The molecule has 0 N–H and O–H groups in total. The minimum Gasteiger partial charge on any atom is -0.310 e. The van der Waals surface area contributed by atoms with Crippen molar-refractivity contribution >= 4 is 40.1 Å². The van der Waals surface area contributed by atoms with Gasteiger partial charge in [0, 0.05) is 45.5 Å². The Bertz CT molecular complexity index is 2560. The third kappa shape index (κ3) is 5.18. The minimum absolute atomic E-state index is 0.367. The first-order chi connectivity index (χ1) is 25.8. The number of fused-ring (bicyclic) bond motifs is 10. The second-order valence-corrected chi connectivity index (χ2v) is 14.0. The largest absolute Gasteiger partial charge is 0.310 e. The fourth-order valence-corrected chi connectivity index (χ4v) is 8.57. The lowest BCUT2D eigenvalue weighted by Crippen LogP contribution is -2.11. The lowest BCUT2D eigenvalue weighted by Gasteiger charge is -2.27. The van der Waals surface area contributed by atoms with Gasteiger partial charge in [0.05, 0.1) is 11.2 Å². The molecule has 0 radical (unpaired) electrons. The van der Waals surface area contributed by atoms with Gasteiger partial charge in [-0.15, -0.1) is 0 Å². The molecule has 2 bridgehead atoms. The highest BCUT2D eigenvalue weighted by Crippen LogP contribution is 2.48. The van der Waals surface area contributed by atoms with Crippen molar-refractivity contribution in [2.24, 2.45) is 0 Å². The van der Waals surface area contributed by atoms with Crippen LogP contribution in [0, 0.1) is 0 Å². The molecule has 0 amide bonds. The monoisotopic (exact) mass is 666 g/mol. The van der Waals surface area contributed by atoms with E-state index in [-0.39, 0.29) is 0 Å². The smallest absolute Gasteiger partial charge is 0.0561 e. The van der Waals surface area contributed by atoms with Crippen LogP contribution in [0.15, 0.2) is 182 Å². The van der Waals surface area contributed by atoms with Crippen molar-refractivity contribution < 1.29 is 0 Å². The predicted molar refractivity (Wildman–Crippen MR) is 220 cm³/mol. The van der Waals surface area contributed by atoms with Crippen molar-refractivity contribution in [3.05, 3.63) is 204 Å². The second-order valence-electron chi connectivity index (χ2n) is 14.0. The van der Waals surface area contributed by atoms with Gasteiger partial charge in [-0.05, 0) is 101 Å². The molecule has 10 rings (SSSR count). The van der Waals surface area contributed by atoms with Gasteiger partial charge >= 0.3 is 0 Å². The molecule has 7 aromatic rings. The van der Waals surface area contributed by atoms with E-state index in [1.165, 1.54) is 55.5 Å². The van der Waals surface area contributed by atoms with Crippen molar-refractivity contribution in [2.75, 3.05) is 4.90 Å². The highest BCUT2D eigenvalue weighted by atomic mass is 15.1. The molecule has 3 aliphatic carbocycles. The Morgan fingerprint density at radius 3 is 1.98 bits per heavy atom. The van der Waals surface area contributed by atoms with Gasteiger partial charge in [-0.25, -0.2) is 0 Å². The van der Waals surface area contributed by atoms with E-state index in [0.717, 1.165) is 35.6 Å². The topological polar surface area (TPSA) is 8.17 Å². The summed E-state index contributed by atoms with van der Waals surface area (Å²) >= 11 is 0. The summed E-state index contributed by atoms with van der Waals surface area (Å²) in [6.07, 6.45) is 20.4. The maximum absolute atomic E-state index is 2.44. The van der Waals surface area contributed by atoms with Gasteiger partial charge in [-0.1, -0.05) is 140 Å². The Morgan fingerprint density at radius 1 is 0.519 bits per heavy atom. The number of allylic oxidation sites excluding steroid dienone is 6. The summed E-state index contributed by atoms with van der Waals surface area (Å²) in [7, 11) is 0. The molecule has 52 heavy (non-hydrogen) atoms. The summed E-state index contributed by atoms with van der Waals surface area (Å²) in [5.41, 5.74) is 16.1. The summed E-state index contributed by atoms with van der Waals surface area (Å²) in [5, 5.41) is 1.25. The molecule has 6 aromatic carbocycles. The minimum atomic E-state index is 0.367. The van der Waals surface area contributed by atoms with Gasteiger partial charge in [0.25, 0.3) is 0 Å². The maximum atomic E-state index is 2.44. The standard InChI is InChI=1S/C50H38N2/c1-4-14-35(15-5-1)36-24-26-40(27-25-36)52-49-23-9-3-8-22-46(49)47-31-29-42(34-50(47)52)51(39-18-6-2-7-19-39)41-28-30-44-38-17-11-10-16-37(32-38)43-20-12-13-21-45(43)48(44)33-41/h1-2,4-31,33-34,37-38H,3,32H2. The Hall–Kier alpha value is -6.38. The molecule has 2 atom stereocenters. The van der Waals surface area contributed by atoms with Gasteiger partial charge < -0.3 is 9.47 Å². The number of para-hydroxylation sites is 1. The Balaban J connectivity index is 1.16. The van der Waals surface area contributed by atoms with Crippen molar-refractivity contribution in [3.63, 3.8) is 0 Å². The quantitative estimate of drug-likeness (QED) is 0.177. The van der Waals surface area contributed by atoms with Gasteiger partial charge in [0.2, 0.25) is 0 Å². The van der Waals surface area contributed by atoms with Gasteiger partial charge in [0.1, 0.15) is 0 Å². The van der Waals surface area contributed by atoms with E-state index in [1.807, 2.05) is 0 Å². The predicted octanol–water partition coefficient (Wildman–Crippen LogP) is 13.6. The Kier molecular flexibility index (Phi) is 7.46. The number of rotatable bonds is 5. The first-order valence-corrected chi connectivity index (χ1v) is 18.4. The zero-order valence-electron chi connectivity index (χ0n) is 28.9. The number of aromatic nitrogens is 1. The van der Waals surface area contributed by atoms with Crippen molar-refractivity contribution in [1.29, 1.82) is 0 Å². The SMILES string of the molecule is C1=CC2CC(C=C1)c1ccc(N(c3ccccc3)c3ccc4c5c(n(-c6ccc(-c7ccccc7)cc6)c4c3)C=CCC=C5)cc1-c1ccccc12. The zero-order chi connectivity index (χ0) is 34.4. The number of hydrogen-bond acceptors (Lipinski definition) is 1. The molecule has 1 heterocycles. The van der Waals surface area contributed by atoms with Crippen molar-refractivity contribution in [1.82, 2.24) is 4.57 Å². The summed E-state index contributed by atoms with van der Waals surface area (Å²) < 4.78 is 2.44. The first kappa shape index (κ1) is 30.4. The molecule has 1 aromatic heterocycles. The number of hydrogen-bond donors (Lipinski definition) is 0. The van der Waals surface area contributed by atoms with Crippen LogP contribution in [0.1, 0.15) is 47.1 Å². The first-order valence-electron chi connectivity index (χ1n) is 18.4. The fourth-order valence-electron chi connectivity index (χ4n) is 8.57. The van der Waals surface area contributed by atoms with Crippen molar-refractivity contribution in [2.45, 2.75) is 24.7 Å². The average molecular weight is 667 g/mol. The van der Waals surface area contributed by atoms with Gasteiger partial charge in [0.15, 0.2) is 0 Å². The third-order valence-corrected chi connectivity index (χ3v) is 11.0. The van der Waals surface area contributed by atoms with E-state index < -0.39 is 0 Å². The molecular formula is C50H38N2. The summed E-state index contributed by atoms with van der Waals surface area (Å²) in [4.78, 5) is 2.42. The van der Waals surface area contributed by atoms with Crippen LogP contribution >= 0.6 is 0 Å². The summed E-state index contributed by atoms with van der Waals surface area (Å²) in [6, 6.07) is 53.6. The molecule has 0 saturated heterocycles. The van der Waals surface area contributed by atoms with E-state index in [1.54, 1.807) is 0 Å². The molecule has 0 saturated carbocycles. The van der Waals surface area contributed by atoms with Crippen molar-refractivity contribution in [3.8, 4) is 27.9 Å². The van der Waals surface area contributed by atoms with E-state index in [0.29, 0.717) is 11.8 Å². The molecule has 2 heteroatoms. The Morgan fingerprint density at radius 2 is 1.17 bits per heavy atom. The normalized spacial score (nSPS) is 16.8. The van der Waals surface area contributed by atoms with Crippen LogP contribution in [-0.2, 0) is 0 Å². The molecule has 248 valence electrons. The lowest BCUT2D eigenvalue weighted by atomic mass is 9.89. The van der Waals surface area contributed by atoms with Crippen LogP contribution < -0.4 is 4.90 Å². The number of nitrogens with zero attached hydrogens (tertiary/aromatic N) is 2. The lowest BCUT2D eigenvalue weighted by molar-refractivity contribution is 0.688. The Labute approximate surface area is 305 Å². The summed E-state index contributed by atoms with van der Waals surface area (Å²) in [5.74, 6) is 0.763. The van der Waals surface area contributed by atoms with Crippen LogP contribution in [0.2, 0.25) is 0 Å². The molecule has 2 unspecified atom stereocenters. The highest BCUT2D eigenvalue weighted by Gasteiger charge is 2.28.